The van der Waals surface area contributed by atoms with Gasteiger partial charge in [0, 0.05) is 50.6 Å². The van der Waals surface area contributed by atoms with E-state index in [-0.39, 0.29) is 30.0 Å². The van der Waals surface area contributed by atoms with Crippen LogP contribution in [0.15, 0.2) is 73.1 Å². The van der Waals surface area contributed by atoms with Gasteiger partial charge in [0.1, 0.15) is 12.4 Å². The fraction of sp³-hybridized carbons (Fsp3) is 0.438. The summed E-state index contributed by atoms with van der Waals surface area (Å²) in [4.78, 5) is 19.2. The van der Waals surface area contributed by atoms with Crippen LogP contribution >= 0.6 is 0 Å². The second-order valence-electron chi connectivity index (χ2n) is 11.0. The summed E-state index contributed by atoms with van der Waals surface area (Å²) in [6.45, 7) is 4.42. The van der Waals surface area contributed by atoms with E-state index >= 15 is 0 Å². The third kappa shape index (κ3) is 5.45. The van der Waals surface area contributed by atoms with Gasteiger partial charge in [0.05, 0.1) is 0 Å². The van der Waals surface area contributed by atoms with Crippen LogP contribution in [0.2, 0.25) is 0 Å². The standard InChI is InChI=1S/C32H36F3N3O3/c1-23-20-36-16-12-24(23)22-41-28-11-7-6-10-26(28)27-21-37-17-13-30(27)14-18-38(19-15-30)29(39)31(40-2,32(33,34)35)25-8-4-3-5-9-25/h3-12,16,20,27,37H,13-15,17-19,21-22H2,1-2H3/t27?,31-/m1/s1. The Labute approximate surface area is 238 Å². The third-order valence-electron chi connectivity index (χ3n) is 8.93. The molecule has 2 atom stereocenters. The Morgan fingerprint density at radius 2 is 1.76 bits per heavy atom. The van der Waals surface area contributed by atoms with Crippen molar-refractivity contribution < 1.29 is 27.4 Å². The average molecular weight is 568 g/mol. The Bertz CT molecular complexity index is 1340. The fourth-order valence-corrected chi connectivity index (χ4v) is 6.51. The van der Waals surface area contributed by atoms with E-state index in [0.717, 1.165) is 49.1 Å². The Kier molecular flexibility index (Phi) is 8.38. The number of nitrogens with one attached hydrogen (secondary N) is 1. The van der Waals surface area contributed by atoms with Crippen LogP contribution < -0.4 is 10.1 Å². The van der Waals surface area contributed by atoms with Gasteiger partial charge in [0.2, 0.25) is 0 Å². The monoisotopic (exact) mass is 567 g/mol. The minimum atomic E-state index is -4.92. The number of pyridine rings is 1. The first-order valence-corrected chi connectivity index (χ1v) is 14.0. The molecule has 2 aliphatic heterocycles. The average Bonchev–Trinajstić information content (AvgIpc) is 2.98. The van der Waals surface area contributed by atoms with Gasteiger partial charge < -0.3 is 19.7 Å². The number of nitrogens with zero attached hydrogens (tertiary/aromatic N) is 2. The minimum Gasteiger partial charge on any atom is -0.489 e. The summed E-state index contributed by atoms with van der Waals surface area (Å²) < 4.78 is 55.1. The van der Waals surface area contributed by atoms with Crippen LogP contribution in [0.4, 0.5) is 13.2 Å². The number of ether oxygens (including phenoxy) is 2. The quantitative estimate of drug-likeness (QED) is 0.394. The van der Waals surface area contributed by atoms with Crippen molar-refractivity contribution in [1.29, 1.82) is 0 Å². The summed E-state index contributed by atoms with van der Waals surface area (Å²) in [6.07, 6.45) is 0.696. The number of likely N-dealkylation sites (tertiary alicyclic amines) is 1. The van der Waals surface area contributed by atoms with Crippen molar-refractivity contribution in [3.05, 3.63) is 95.3 Å². The Morgan fingerprint density at radius 1 is 1.05 bits per heavy atom. The number of carbonyl (C=O) groups is 1. The highest BCUT2D eigenvalue weighted by Gasteiger charge is 2.64. The highest BCUT2D eigenvalue weighted by atomic mass is 19.4. The van der Waals surface area contributed by atoms with Crippen molar-refractivity contribution in [3.8, 4) is 5.75 Å². The zero-order valence-corrected chi connectivity index (χ0v) is 23.4. The summed E-state index contributed by atoms with van der Waals surface area (Å²) in [5, 5.41) is 3.51. The van der Waals surface area contributed by atoms with Crippen LogP contribution in [0, 0.1) is 12.3 Å². The Morgan fingerprint density at radius 3 is 2.44 bits per heavy atom. The summed E-state index contributed by atoms with van der Waals surface area (Å²) in [5.74, 6) is -0.169. The van der Waals surface area contributed by atoms with Gasteiger partial charge in [-0.05, 0) is 67.0 Å². The largest absolute Gasteiger partial charge is 0.489 e. The van der Waals surface area contributed by atoms with Gasteiger partial charge >= 0.3 is 6.18 Å². The number of rotatable bonds is 7. The van der Waals surface area contributed by atoms with Crippen molar-refractivity contribution in [3.63, 3.8) is 0 Å². The van der Waals surface area contributed by atoms with E-state index in [9.17, 15) is 18.0 Å². The smallest absolute Gasteiger partial charge is 0.430 e. The van der Waals surface area contributed by atoms with Crippen molar-refractivity contribution >= 4 is 5.91 Å². The molecule has 1 amide bonds. The van der Waals surface area contributed by atoms with E-state index in [2.05, 4.69) is 16.4 Å². The highest BCUT2D eigenvalue weighted by Crippen LogP contribution is 2.51. The summed E-state index contributed by atoms with van der Waals surface area (Å²) in [5.41, 5.74) is -0.234. The number of amides is 1. The topological polar surface area (TPSA) is 63.7 Å². The molecule has 1 unspecified atom stereocenters. The lowest BCUT2D eigenvalue weighted by Gasteiger charge is -2.51. The first-order valence-electron chi connectivity index (χ1n) is 14.0. The van der Waals surface area contributed by atoms with E-state index in [0.29, 0.717) is 19.4 Å². The van der Waals surface area contributed by atoms with E-state index < -0.39 is 17.7 Å². The molecule has 41 heavy (non-hydrogen) atoms. The van der Waals surface area contributed by atoms with Gasteiger partial charge in [-0.2, -0.15) is 13.2 Å². The van der Waals surface area contributed by atoms with E-state index in [1.165, 1.54) is 29.2 Å². The zero-order chi connectivity index (χ0) is 29.1. The van der Waals surface area contributed by atoms with Crippen LogP contribution in [-0.4, -0.2) is 55.3 Å². The van der Waals surface area contributed by atoms with Crippen molar-refractivity contribution in [1.82, 2.24) is 15.2 Å². The molecule has 1 N–H and O–H groups in total. The van der Waals surface area contributed by atoms with Crippen molar-refractivity contribution in [2.45, 2.75) is 50.5 Å². The Hall–Kier alpha value is -3.43. The van der Waals surface area contributed by atoms with Crippen LogP contribution in [0.1, 0.15) is 47.4 Å². The number of carbonyl (C=O) groups excluding carboxylic acids is 1. The van der Waals surface area contributed by atoms with Gasteiger partial charge in [-0.3, -0.25) is 9.78 Å². The van der Waals surface area contributed by atoms with Gasteiger partial charge in [-0.25, -0.2) is 0 Å². The zero-order valence-electron chi connectivity index (χ0n) is 23.4. The van der Waals surface area contributed by atoms with Gasteiger partial charge in [-0.1, -0.05) is 48.5 Å². The van der Waals surface area contributed by atoms with Crippen molar-refractivity contribution in [2.75, 3.05) is 33.3 Å². The molecule has 0 bridgehead atoms. The number of methoxy groups -OCH3 is 1. The second kappa shape index (κ2) is 11.8. The van der Waals surface area contributed by atoms with Gasteiger partial charge in [0.25, 0.3) is 11.5 Å². The molecule has 6 nitrogen and oxygen atoms in total. The van der Waals surface area contributed by atoms with E-state index in [1.54, 1.807) is 12.3 Å². The van der Waals surface area contributed by atoms with Crippen LogP contribution in [0.3, 0.4) is 0 Å². The molecule has 3 aromatic rings. The minimum absolute atomic E-state index is 0.0900. The lowest BCUT2D eigenvalue weighted by Crippen LogP contribution is -2.59. The first-order chi connectivity index (χ1) is 19.7. The number of alkyl halides is 3. The number of aromatic nitrogens is 1. The number of hydrogen-bond donors (Lipinski definition) is 1. The number of para-hydroxylation sites is 1. The lowest BCUT2D eigenvalue weighted by molar-refractivity contribution is -0.271. The maximum absolute atomic E-state index is 14.6. The molecule has 9 heteroatoms. The molecule has 2 fully saturated rings. The normalized spacial score (nSPS) is 20.4. The molecule has 2 saturated heterocycles. The second-order valence-corrected chi connectivity index (χ2v) is 11.0. The fourth-order valence-electron chi connectivity index (χ4n) is 6.51. The van der Waals surface area contributed by atoms with Crippen LogP contribution in [-0.2, 0) is 21.7 Å². The molecule has 1 aromatic heterocycles. The number of benzene rings is 2. The first kappa shape index (κ1) is 29.1. The molecule has 1 spiro atoms. The van der Waals surface area contributed by atoms with E-state index in [1.807, 2.05) is 37.4 Å². The molecule has 0 radical (unpaired) electrons. The molecule has 0 aliphatic carbocycles. The maximum Gasteiger partial charge on any atom is 0.430 e. The molecular formula is C32H36F3N3O3. The predicted molar refractivity (Wildman–Crippen MR) is 149 cm³/mol. The number of hydrogen-bond acceptors (Lipinski definition) is 5. The summed E-state index contributed by atoms with van der Waals surface area (Å²) in [7, 11) is 0.955. The number of aryl methyl sites for hydroxylation is 1. The molecule has 3 heterocycles. The van der Waals surface area contributed by atoms with Crippen LogP contribution in [0.5, 0.6) is 5.75 Å². The molecular weight excluding hydrogens is 531 g/mol. The SMILES string of the molecule is CO[C@@](C(=O)N1CCC2(CCNCC2c2ccccc2OCc2ccncc2C)CC1)(c1ccccc1)C(F)(F)F. The number of halogens is 3. The van der Waals surface area contributed by atoms with Gasteiger partial charge in [0.15, 0.2) is 0 Å². The van der Waals surface area contributed by atoms with Crippen LogP contribution in [0.25, 0.3) is 0 Å². The number of piperidine rings is 2. The molecule has 2 aliphatic rings. The lowest BCUT2D eigenvalue weighted by atomic mass is 9.62. The molecule has 2 aromatic carbocycles. The molecule has 0 saturated carbocycles. The summed E-state index contributed by atoms with van der Waals surface area (Å²) in [6, 6.07) is 17.2. The maximum atomic E-state index is 14.6. The van der Waals surface area contributed by atoms with Gasteiger partial charge in [-0.15, -0.1) is 0 Å². The summed E-state index contributed by atoms with van der Waals surface area (Å²) >= 11 is 0. The molecule has 218 valence electrons. The van der Waals surface area contributed by atoms with Crippen molar-refractivity contribution in [2.24, 2.45) is 5.41 Å². The Balaban J connectivity index is 1.38. The highest BCUT2D eigenvalue weighted by molar-refractivity contribution is 5.88. The van der Waals surface area contributed by atoms with E-state index in [4.69, 9.17) is 9.47 Å². The molecule has 5 rings (SSSR count). The third-order valence-corrected chi connectivity index (χ3v) is 8.93. The predicted octanol–water partition coefficient (Wildman–Crippen LogP) is 5.76.